The molecule has 0 fully saturated rings. The van der Waals surface area contributed by atoms with Crippen molar-refractivity contribution in [3.8, 4) is 0 Å². The molecule has 0 unspecified atom stereocenters. The van der Waals surface area contributed by atoms with Crippen LogP contribution in [0.15, 0.2) is 0 Å². The molecular weight excluding hydrogens is 315 g/mol. The summed E-state index contributed by atoms with van der Waals surface area (Å²) in [6.45, 7) is 0. The van der Waals surface area contributed by atoms with Crippen molar-refractivity contribution in [1.29, 1.82) is 0 Å². The fourth-order valence-corrected chi connectivity index (χ4v) is 1.65. The van der Waals surface area contributed by atoms with Crippen LogP contribution in [0.2, 0.25) is 0 Å². The van der Waals surface area contributed by atoms with Crippen LogP contribution in [-0.4, -0.2) is 63.3 Å². The number of carboxylic acid groups (broad SMARTS) is 4. The molecule has 0 aromatic rings. The van der Waals surface area contributed by atoms with Gasteiger partial charge in [0.1, 0.15) is 0 Å². The van der Waals surface area contributed by atoms with Gasteiger partial charge in [-0.1, -0.05) is 0 Å². The second-order valence-electron chi connectivity index (χ2n) is 2.57. The molecule has 19 heavy (non-hydrogen) atoms. The van der Waals surface area contributed by atoms with Gasteiger partial charge >= 0.3 is 80.1 Å². The first-order valence-electron chi connectivity index (χ1n) is 3.80. The van der Waals surface area contributed by atoms with E-state index in [1.54, 1.807) is 0 Å². The fourth-order valence-electron chi connectivity index (χ4n) is 0.549. The van der Waals surface area contributed by atoms with Gasteiger partial charge in [0, 0.05) is 0 Å². The standard InChI is InChI=1S/C4H5O8P.CH4O4S/c5-1(6)13(2(7)8,3(9)10)4(11)12;1-5-6(2,3)4/h13H,(H,5,6)(H,7,8)(H,9,10)(H,11,12);1H3,(H,2,3,4). The minimum atomic E-state index is -5.44. The average Bonchev–Trinajstić information content (AvgIpc) is 2.15. The summed E-state index contributed by atoms with van der Waals surface area (Å²) < 4.78 is 29.7. The van der Waals surface area contributed by atoms with E-state index in [1.807, 2.05) is 0 Å². The van der Waals surface area contributed by atoms with Crippen LogP contribution in [0.5, 0.6) is 0 Å². The molecule has 0 saturated carbocycles. The monoisotopic (exact) mass is 324 g/mol. The van der Waals surface area contributed by atoms with Crippen molar-refractivity contribution in [2.24, 2.45) is 0 Å². The van der Waals surface area contributed by atoms with Crippen LogP contribution >= 0.6 is 7.26 Å². The Labute approximate surface area is 105 Å². The van der Waals surface area contributed by atoms with E-state index in [1.165, 1.54) is 0 Å². The quantitative estimate of drug-likeness (QED) is 0.352. The van der Waals surface area contributed by atoms with Crippen molar-refractivity contribution in [2.75, 3.05) is 7.11 Å². The van der Waals surface area contributed by atoms with Gasteiger partial charge in [-0.25, -0.2) is 0 Å². The molecule has 0 radical (unpaired) electrons. The Bertz CT molecular complexity index is 429. The molecule has 5 N–H and O–H groups in total. The fraction of sp³-hybridized carbons (Fsp3) is 0.200. The van der Waals surface area contributed by atoms with Crippen LogP contribution in [0.25, 0.3) is 0 Å². The van der Waals surface area contributed by atoms with Gasteiger partial charge in [0.2, 0.25) is 0 Å². The van der Waals surface area contributed by atoms with E-state index in [2.05, 4.69) is 4.18 Å². The number of rotatable bonds is 5. The van der Waals surface area contributed by atoms with Crippen LogP contribution in [-0.2, 0) is 14.6 Å². The zero-order chi connectivity index (χ0) is 16.0. The van der Waals surface area contributed by atoms with Gasteiger partial charge in [0.05, 0.1) is 7.11 Å². The second-order valence-corrected chi connectivity index (χ2v) is 6.96. The molecule has 0 rings (SSSR count). The Balaban J connectivity index is 0. The third-order valence-electron chi connectivity index (χ3n) is 1.49. The van der Waals surface area contributed by atoms with Gasteiger partial charge in [-0.15, -0.1) is 0 Å². The van der Waals surface area contributed by atoms with Gasteiger partial charge in [0.15, 0.2) is 0 Å². The third kappa shape index (κ3) is 5.13. The first kappa shape index (κ1) is 19.5. The van der Waals surface area contributed by atoms with Crippen molar-refractivity contribution in [2.45, 2.75) is 0 Å². The van der Waals surface area contributed by atoms with E-state index in [4.69, 9.17) is 25.0 Å². The molecule has 0 atom stereocenters. The zero-order valence-corrected chi connectivity index (χ0v) is 10.8. The molecule has 0 aliphatic heterocycles. The Kier molecular flexibility index (Phi) is 7.13. The van der Waals surface area contributed by atoms with E-state index in [-0.39, 0.29) is 0 Å². The zero-order valence-electron chi connectivity index (χ0n) is 9.00. The van der Waals surface area contributed by atoms with Crippen molar-refractivity contribution in [3.63, 3.8) is 0 Å². The Hall–Kier alpha value is -1.82. The van der Waals surface area contributed by atoms with Crippen LogP contribution < -0.4 is 0 Å². The van der Waals surface area contributed by atoms with Gasteiger partial charge in [-0.3, -0.25) is 8.74 Å². The van der Waals surface area contributed by atoms with Crippen LogP contribution in [0.1, 0.15) is 0 Å². The first-order chi connectivity index (χ1) is 8.33. The molecule has 0 aliphatic carbocycles. The number of hydrogen-bond acceptors (Lipinski definition) is 7. The maximum absolute atomic E-state index is 10.3. The summed E-state index contributed by atoms with van der Waals surface area (Å²) in [4.78, 5) is 41.1. The molecule has 0 bridgehead atoms. The minimum absolute atomic E-state index is 0.870. The van der Waals surface area contributed by atoms with E-state index in [0.29, 0.717) is 0 Å². The summed E-state index contributed by atoms with van der Waals surface area (Å²) in [6.07, 6.45) is 0. The van der Waals surface area contributed by atoms with E-state index < -0.39 is 40.5 Å². The molecule has 0 heterocycles. The topological polar surface area (TPSA) is 213 Å². The molecule has 0 aromatic heterocycles. The van der Waals surface area contributed by atoms with Crippen molar-refractivity contribution in [1.82, 2.24) is 0 Å². The molecule has 0 amide bonds. The maximum atomic E-state index is 10.3. The third-order valence-corrected chi connectivity index (χ3v) is 4.48. The number of carbonyl (C=O) groups is 4. The van der Waals surface area contributed by atoms with Crippen molar-refractivity contribution < 1.29 is 56.8 Å². The second kappa shape index (κ2) is 6.94. The van der Waals surface area contributed by atoms with Crippen LogP contribution in [0, 0.1) is 0 Å². The average molecular weight is 324 g/mol. The van der Waals surface area contributed by atoms with Gasteiger partial charge in [-0.05, 0) is 0 Å². The molecule has 0 spiro atoms. The van der Waals surface area contributed by atoms with Crippen LogP contribution in [0.3, 0.4) is 0 Å². The predicted molar refractivity (Wildman–Crippen MR) is 59.0 cm³/mol. The molecule has 0 saturated heterocycles. The van der Waals surface area contributed by atoms with Gasteiger partial charge in [0.25, 0.3) is 0 Å². The van der Waals surface area contributed by atoms with Crippen LogP contribution in [0.4, 0.5) is 19.2 Å². The molecule has 14 heteroatoms. The summed E-state index contributed by atoms with van der Waals surface area (Å²) >= 11 is 0. The molecule has 0 aliphatic rings. The Morgan fingerprint density at radius 3 is 1.00 bits per heavy atom. The SMILES string of the molecule is COS(=O)(=O)O.O=C(O)[PH](C(=O)O)(C(=O)O)C(=O)O. The number of hydrogen-bond donors (Lipinski definition) is 5. The van der Waals surface area contributed by atoms with E-state index >= 15 is 0 Å². The van der Waals surface area contributed by atoms with Crippen molar-refractivity contribution >= 4 is 40.5 Å². The summed E-state index contributed by atoms with van der Waals surface area (Å²) in [7, 11) is -8.73. The molecule has 0 aromatic carbocycles. The normalized spacial score (nSPS) is 11.7. The summed E-state index contributed by atoms with van der Waals surface area (Å²) in [5.41, 5.74) is -9.28. The molecule has 112 valence electrons. The van der Waals surface area contributed by atoms with E-state index in [9.17, 15) is 27.6 Å². The Morgan fingerprint density at radius 2 is 1.00 bits per heavy atom. The summed E-state index contributed by atoms with van der Waals surface area (Å²) in [5, 5.41) is 33.0. The van der Waals surface area contributed by atoms with Gasteiger partial charge < -0.3 is 0 Å². The first-order valence-corrected chi connectivity index (χ1v) is 7.17. The van der Waals surface area contributed by atoms with Gasteiger partial charge in [-0.2, -0.15) is 8.42 Å². The molecule has 12 nitrogen and oxygen atoms in total. The summed E-state index contributed by atoms with van der Waals surface area (Å²) in [6, 6.07) is 0. The van der Waals surface area contributed by atoms with E-state index in [0.717, 1.165) is 7.11 Å². The predicted octanol–water partition coefficient (Wildman–Crippen LogP) is 0.884. The molecular formula is C5H9O12PS. The Morgan fingerprint density at radius 1 is 0.842 bits per heavy atom. The summed E-state index contributed by atoms with van der Waals surface area (Å²) in [5.74, 6) is 0. The van der Waals surface area contributed by atoms with Crippen molar-refractivity contribution in [3.05, 3.63) is 0 Å².